The Morgan fingerprint density at radius 1 is 1.00 bits per heavy atom. The molecule has 0 bridgehead atoms. The average Bonchev–Trinajstić information content (AvgIpc) is 3.46. The molecule has 0 aliphatic carbocycles. The van der Waals surface area contributed by atoms with E-state index in [-0.39, 0.29) is 28.5 Å². The van der Waals surface area contributed by atoms with Crippen molar-refractivity contribution in [2.45, 2.75) is 97.4 Å². The van der Waals surface area contributed by atoms with Crippen molar-refractivity contribution in [2.24, 2.45) is 7.05 Å². The molecule has 1 aliphatic rings. The molecule has 0 fully saturated rings. The van der Waals surface area contributed by atoms with Crippen LogP contribution in [-0.4, -0.2) is 78.3 Å². The molecule has 0 radical (unpaired) electrons. The van der Waals surface area contributed by atoms with Crippen molar-refractivity contribution in [3.8, 4) is 11.4 Å². The van der Waals surface area contributed by atoms with Crippen LogP contribution in [0.2, 0.25) is 18.1 Å². The Bertz CT molecular complexity index is 1600. The van der Waals surface area contributed by atoms with E-state index in [1.165, 1.54) is 12.7 Å². The number of fused-ring (bicyclic) bond motifs is 1. The van der Waals surface area contributed by atoms with Gasteiger partial charge >= 0.3 is 5.97 Å². The van der Waals surface area contributed by atoms with Gasteiger partial charge in [0.25, 0.3) is 11.8 Å². The molecule has 1 unspecified atom stereocenters. The van der Waals surface area contributed by atoms with Gasteiger partial charge in [-0.05, 0) is 66.7 Å². The Balaban J connectivity index is 1.77. The van der Waals surface area contributed by atoms with Crippen LogP contribution in [0.1, 0.15) is 103 Å². The number of unbranched alkanes of at least 4 members (excludes halogenated alkanes) is 2. The highest BCUT2D eigenvalue weighted by Gasteiger charge is 2.40. The van der Waals surface area contributed by atoms with Gasteiger partial charge in [0.2, 0.25) is 0 Å². The maximum Gasteiger partial charge on any atom is 0.337 e. The number of ether oxygens (including phenoxy) is 1. The van der Waals surface area contributed by atoms with Crippen molar-refractivity contribution in [2.75, 3.05) is 26.8 Å². The lowest BCUT2D eigenvalue weighted by Gasteiger charge is -2.41. The Morgan fingerprint density at radius 2 is 1.65 bits per heavy atom. The van der Waals surface area contributed by atoms with Crippen LogP contribution in [-0.2, 0) is 29.2 Å². The standard InChI is InChI=1S/C38H54N4O5Si/c1-10-12-20-41(21-13-11-2)36(44)33-25-40(6)34(39-33)31-19-18-28(37(45)46-7)23-32(31)35(43)42-24-29-17-15-14-16-27(29)22-30(42)26-47-48(8,9)38(3,4)5/h14-19,23,25,30H,10-13,20-22,24,26H2,1-9H3. The lowest BCUT2D eigenvalue weighted by Crippen LogP contribution is -2.50. The van der Waals surface area contributed by atoms with Gasteiger partial charge in [0, 0.05) is 38.4 Å². The summed E-state index contributed by atoms with van der Waals surface area (Å²) in [7, 11) is 1.05. The van der Waals surface area contributed by atoms with Gasteiger partial charge in [-0.25, -0.2) is 9.78 Å². The van der Waals surface area contributed by atoms with Crippen LogP contribution in [0, 0.1) is 0 Å². The fourth-order valence-corrected chi connectivity index (χ4v) is 6.85. The van der Waals surface area contributed by atoms with Gasteiger partial charge in [0.05, 0.1) is 30.9 Å². The molecule has 260 valence electrons. The Morgan fingerprint density at radius 3 is 2.25 bits per heavy atom. The zero-order valence-corrected chi connectivity index (χ0v) is 31.4. The SMILES string of the molecule is CCCCN(CCCC)C(=O)c1cn(C)c(-c2ccc(C(=O)OC)cc2C(=O)N2Cc3ccccc3CC2CO[Si](C)(C)C(C)(C)C)n1. The molecule has 4 rings (SSSR count). The van der Waals surface area contributed by atoms with Crippen molar-refractivity contribution in [1.29, 1.82) is 0 Å². The van der Waals surface area contributed by atoms with Crippen LogP contribution in [0.25, 0.3) is 11.4 Å². The Kier molecular flexibility index (Phi) is 12.1. The van der Waals surface area contributed by atoms with E-state index in [4.69, 9.17) is 14.1 Å². The summed E-state index contributed by atoms with van der Waals surface area (Å²) >= 11 is 0. The fraction of sp³-hybridized carbons (Fsp3) is 0.526. The molecule has 0 spiro atoms. The maximum atomic E-state index is 14.8. The highest BCUT2D eigenvalue weighted by Crippen LogP contribution is 2.38. The van der Waals surface area contributed by atoms with Crippen LogP contribution in [0.5, 0.6) is 0 Å². The van der Waals surface area contributed by atoms with Gasteiger partial charge in [0.15, 0.2) is 8.32 Å². The molecule has 2 heterocycles. The van der Waals surface area contributed by atoms with E-state index in [0.29, 0.717) is 55.3 Å². The molecule has 48 heavy (non-hydrogen) atoms. The lowest BCUT2D eigenvalue weighted by atomic mass is 9.92. The third-order valence-corrected chi connectivity index (χ3v) is 14.4. The summed E-state index contributed by atoms with van der Waals surface area (Å²) in [4.78, 5) is 49.8. The highest BCUT2D eigenvalue weighted by molar-refractivity contribution is 6.74. The Hall–Kier alpha value is -3.76. The topological polar surface area (TPSA) is 94.0 Å². The number of methoxy groups -OCH3 is 1. The summed E-state index contributed by atoms with van der Waals surface area (Å²) in [6.45, 7) is 17.5. The average molecular weight is 675 g/mol. The maximum absolute atomic E-state index is 14.8. The van der Waals surface area contributed by atoms with Crippen molar-refractivity contribution in [3.63, 3.8) is 0 Å². The predicted octanol–water partition coefficient (Wildman–Crippen LogP) is 7.51. The molecule has 10 heteroatoms. The van der Waals surface area contributed by atoms with Gasteiger partial charge in [-0.2, -0.15) is 0 Å². The molecule has 2 aromatic carbocycles. The first-order chi connectivity index (χ1) is 22.7. The van der Waals surface area contributed by atoms with Crippen LogP contribution >= 0.6 is 0 Å². The number of benzene rings is 2. The third kappa shape index (κ3) is 8.26. The highest BCUT2D eigenvalue weighted by atomic mass is 28.4. The van der Waals surface area contributed by atoms with Crippen molar-refractivity contribution in [1.82, 2.24) is 19.4 Å². The second kappa shape index (κ2) is 15.6. The largest absolute Gasteiger partial charge is 0.465 e. The number of aromatic nitrogens is 2. The Labute approximate surface area is 287 Å². The van der Waals surface area contributed by atoms with Gasteiger partial charge in [-0.1, -0.05) is 71.7 Å². The van der Waals surface area contributed by atoms with Gasteiger partial charge in [0.1, 0.15) is 11.5 Å². The zero-order valence-electron chi connectivity index (χ0n) is 30.4. The number of esters is 1. The summed E-state index contributed by atoms with van der Waals surface area (Å²) in [6.07, 6.45) is 6.21. The number of imidazole rings is 1. The van der Waals surface area contributed by atoms with E-state index >= 15 is 0 Å². The first-order valence-electron chi connectivity index (χ1n) is 17.3. The van der Waals surface area contributed by atoms with E-state index < -0.39 is 14.3 Å². The summed E-state index contributed by atoms with van der Waals surface area (Å²) in [5.41, 5.74) is 3.78. The minimum atomic E-state index is -2.11. The van der Waals surface area contributed by atoms with Gasteiger partial charge in [-0.3, -0.25) is 9.59 Å². The molecule has 1 aromatic heterocycles. The molecular formula is C38H54N4O5Si. The van der Waals surface area contributed by atoms with E-state index in [2.05, 4.69) is 59.8 Å². The molecule has 3 aromatic rings. The van der Waals surface area contributed by atoms with E-state index in [0.717, 1.165) is 31.2 Å². The van der Waals surface area contributed by atoms with Crippen LogP contribution in [0.3, 0.4) is 0 Å². The number of carbonyl (C=O) groups excluding carboxylic acids is 3. The molecular weight excluding hydrogens is 621 g/mol. The zero-order chi connectivity index (χ0) is 35.2. The molecule has 0 saturated carbocycles. The minimum absolute atomic E-state index is 0.0203. The molecule has 1 atom stereocenters. The molecule has 9 nitrogen and oxygen atoms in total. The monoisotopic (exact) mass is 674 g/mol. The lowest BCUT2D eigenvalue weighted by molar-refractivity contribution is 0.0554. The molecule has 0 saturated heterocycles. The quantitative estimate of drug-likeness (QED) is 0.138. The number of nitrogens with zero attached hydrogens (tertiary/aromatic N) is 4. The van der Waals surface area contributed by atoms with Gasteiger partial charge in [-0.15, -0.1) is 0 Å². The first kappa shape index (κ1) is 37.1. The van der Waals surface area contributed by atoms with E-state index in [9.17, 15) is 14.4 Å². The van der Waals surface area contributed by atoms with Gasteiger partial charge < -0.3 is 23.5 Å². The summed E-state index contributed by atoms with van der Waals surface area (Å²) in [5, 5.41) is 0.0203. The third-order valence-electron chi connectivity index (χ3n) is 9.92. The number of hydrogen-bond acceptors (Lipinski definition) is 6. The predicted molar refractivity (Wildman–Crippen MR) is 193 cm³/mol. The number of hydrogen-bond donors (Lipinski definition) is 0. The molecule has 0 N–H and O–H groups in total. The van der Waals surface area contributed by atoms with Crippen LogP contribution in [0.4, 0.5) is 0 Å². The number of aryl methyl sites for hydroxylation is 1. The number of rotatable bonds is 13. The summed E-state index contributed by atoms with van der Waals surface area (Å²) < 4.78 is 13.5. The smallest absolute Gasteiger partial charge is 0.337 e. The minimum Gasteiger partial charge on any atom is -0.465 e. The summed E-state index contributed by atoms with van der Waals surface area (Å²) in [6, 6.07) is 13.0. The van der Waals surface area contributed by atoms with Crippen molar-refractivity contribution >= 4 is 26.1 Å². The van der Waals surface area contributed by atoms with E-state index in [1.54, 1.807) is 29.0 Å². The molecule has 1 aliphatic heterocycles. The number of carbonyl (C=O) groups is 3. The van der Waals surface area contributed by atoms with Crippen LogP contribution < -0.4 is 0 Å². The molecule has 2 amide bonds. The summed E-state index contributed by atoms with van der Waals surface area (Å²) in [5.74, 6) is -0.392. The second-order valence-corrected chi connectivity index (χ2v) is 19.3. The van der Waals surface area contributed by atoms with Crippen molar-refractivity contribution in [3.05, 3.63) is 76.6 Å². The second-order valence-electron chi connectivity index (χ2n) is 14.4. The van der Waals surface area contributed by atoms with Crippen LogP contribution in [0.15, 0.2) is 48.7 Å². The number of amides is 2. The van der Waals surface area contributed by atoms with E-state index in [1.807, 2.05) is 29.0 Å². The normalized spacial score (nSPS) is 14.9. The van der Waals surface area contributed by atoms with Crippen molar-refractivity contribution < 1.29 is 23.5 Å². The fourth-order valence-electron chi connectivity index (χ4n) is 5.81. The first-order valence-corrected chi connectivity index (χ1v) is 20.2.